The first kappa shape index (κ1) is 72.7. The maximum absolute atomic E-state index is 11.5. The summed E-state index contributed by atoms with van der Waals surface area (Å²) < 4.78 is 0. The van der Waals surface area contributed by atoms with Crippen molar-refractivity contribution in [3.05, 3.63) is 115 Å². The van der Waals surface area contributed by atoms with Gasteiger partial charge < -0.3 is 25.3 Å². The van der Waals surface area contributed by atoms with Gasteiger partial charge in [-0.3, -0.25) is 9.80 Å². The minimum absolute atomic E-state index is 0. The van der Waals surface area contributed by atoms with Gasteiger partial charge in [0.15, 0.2) is 0 Å². The molecular weight excluding hydrogens is 1040 g/mol. The molecule has 7 nitrogen and oxygen atoms in total. The van der Waals surface area contributed by atoms with Crippen molar-refractivity contribution in [3.8, 4) is 23.0 Å². The van der Waals surface area contributed by atoms with Crippen LogP contribution in [0.2, 0.25) is 0 Å². The van der Waals surface area contributed by atoms with Crippen LogP contribution in [0.3, 0.4) is 0 Å². The molecule has 0 saturated heterocycles. The average Bonchev–Trinajstić information content (AvgIpc) is 3.19. The first-order valence-corrected chi connectivity index (χ1v) is 27.7. The number of phenols is 4. The molecule has 0 aliphatic rings. The third kappa shape index (κ3) is 20.6. The molecule has 76 heavy (non-hydrogen) atoms. The van der Waals surface area contributed by atoms with E-state index in [-0.39, 0.29) is 127 Å². The summed E-state index contributed by atoms with van der Waals surface area (Å²) in [6.07, 6.45) is 0.998. The van der Waals surface area contributed by atoms with E-state index >= 15 is 0 Å². The van der Waals surface area contributed by atoms with Crippen molar-refractivity contribution < 1.29 is 105 Å². The Morgan fingerprint density at radius 1 is 0.316 bits per heavy atom. The maximum atomic E-state index is 11.5. The molecule has 4 rings (SSSR count). The van der Waals surface area contributed by atoms with E-state index in [9.17, 15) is 20.4 Å². The molecule has 0 unspecified atom stereocenters. The molecule has 0 aliphatic carbocycles. The Bertz CT molecular complexity index is 2360. The molecule has 0 spiro atoms. The van der Waals surface area contributed by atoms with Gasteiger partial charge in [-0.2, -0.15) is 0 Å². The SMILES string of the molecule is CCCN(Cc1cc(C(C)(C)C)cc(C(C)(C)C)c1O)Cc1cc(C(C)(C)C)cc(C(C)(C)C)c1O.CN(C)CCN(Cc1cc(C(C)(C)C)cc(C(C)(C)C)c1O)Cc1cc(C(C)(C)C)cc(C(C)(C)C)c1O.[K+].[Y]. The summed E-state index contributed by atoms with van der Waals surface area (Å²) in [4.78, 5) is 6.91. The van der Waals surface area contributed by atoms with E-state index in [0.29, 0.717) is 49.2 Å². The van der Waals surface area contributed by atoms with Crippen molar-refractivity contribution in [3.63, 3.8) is 0 Å². The molecule has 0 amide bonds. The van der Waals surface area contributed by atoms with Crippen LogP contribution in [0.25, 0.3) is 0 Å². The molecule has 4 N–H and O–H groups in total. The molecule has 9 heteroatoms. The Morgan fingerprint density at radius 3 is 0.671 bits per heavy atom. The monoisotopic (exact) mass is 1150 g/mol. The predicted octanol–water partition coefficient (Wildman–Crippen LogP) is 13.6. The Kier molecular flexibility index (Phi) is 26.0. The van der Waals surface area contributed by atoms with Gasteiger partial charge in [0.1, 0.15) is 23.0 Å². The van der Waals surface area contributed by atoms with Crippen molar-refractivity contribution in [1.82, 2.24) is 14.7 Å². The zero-order chi connectivity index (χ0) is 57.3. The number of phenolic OH excluding ortho intramolecular Hbond substituents is 4. The summed E-state index contributed by atoms with van der Waals surface area (Å²) in [7, 11) is 4.17. The van der Waals surface area contributed by atoms with Crippen LogP contribution in [0.4, 0.5) is 0 Å². The molecule has 0 heterocycles. The number of benzene rings is 4. The zero-order valence-electron chi connectivity index (χ0n) is 54.0. The number of likely N-dealkylation sites (N-methyl/N-ethyl adjacent to an activating group) is 1. The molecule has 4 aromatic carbocycles. The third-order valence-electron chi connectivity index (χ3n) is 14.4. The largest absolute Gasteiger partial charge is 1.00 e. The Balaban J connectivity index is 0.000000741. The Hall–Kier alpha value is -1.30. The van der Waals surface area contributed by atoms with Crippen molar-refractivity contribution in [2.75, 3.05) is 33.7 Å². The van der Waals surface area contributed by atoms with Gasteiger partial charge in [-0.05, 0) is 115 Å². The average molecular weight is 1150 g/mol. The maximum Gasteiger partial charge on any atom is 1.00 e. The molecule has 0 saturated carbocycles. The second kappa shape index (κ2) is 27.2. The van der Waals surface area contributed by atoms with E-state index in [1.54, 1.807) is 0 Å². The first-order valence-electron chi connectivity index (χ1n) is 27.7. The number of hydrogen-bond donors (Lipinski definition) is 4. The standard InChI is InChI=1S/C34H56N2O2.C33H53NO2.K.Y/c1-31(2,3)25-17-23(29(37)27(19-25)33(7,8)9)21-36(16-15-35(13)14)22-24-18-26(32(4,5)6)20-28(30(24)38)34(10,11)12;1-14-15-34(20-22-16-24(30(2,3)4)18-26(28(22)35)32(8,9)10)21-23-17-25(31(5,6)7)19-27(29(23)36)33(11,12)13;;/h17-20,37-38H,15-16,21-22H2,1-14H3;16-19,35-36H,14-15,20-21H2,1-13H3;;/q;;+1;. The molecule has 1 radical (unpaired) electrons. The second-order valence-corrected chi connectivity index (χ2v) is 30.4. The normalized spacial score (nSPS) is 13.2. The molecule has 0 aliphatic heterocycles. The molecule has 0 aromatic heterocycles. The fraction of sp³-hybridized carbons (Fsp3) is 0.642. The fourth-order valence-electron chi connectivity index (χ4n) is 9.33. The van der Waals surface area contributed by atoms with E-state index < -0.39 is 0 Å². The van der Waals surface area contributed by atoms with Gasteiger partial charge in [-0.1, -0.05) is 222 Å². The summed E-state index contributed by atoms with van der Waals surface area (Å²) in [5.41, 5.74) is 12.0. The smallest absolute Gasteiger partial charge is 0.507 e. The number of nitrogens with zero attached hydrogens (tertiary/aromatic N) is 3. The molecule has 419 valence electrons. The number of aromatic hydroxyl groups is 4. The molecule has 0 atom stereocenters. The zero-order valence-corrected chi connectivity index (χ0v) is 59.9. The van der Waals surface area contributed by atoms with E-state index in [2.05, 4.69) is 250 Å². The van der Waals surface area contributed by atoms with Crippen molar-refractivity contribution in [2.45, 2.75) is 249 Å². The van der Waals surface area contributed by atoms with Gasteiger partial charge in [0.25, 0.3) is 0 Å². The van der Waals surface area contributed by atoms with E-state index in [0.717, 1.165) is 70.6 Å². The van der Waals surface area contributed by atoms with Crippen LogP contribution in [0.1, 0.15) is 246 Å². The van der Waals surface area contributed by atoms with Gasteiger partial charge in [-0.25, -0.2) is 0 Å². The molecule has 0 bridgehead atoms. The van der Waals surface area contributed by atoms with Crippen LogP contribution in [0.15, 0.2) is 48.5 Å². The van der Waals surface area contributed by atoms with Gasteiger partial charge in [0.2, 0.25) is 0 Å². The first-order chi connectivity index (χ1) is 33.2. The molecule has 0 fully saturated rings. The summed E-state index contributed by atoms with van der Waals surface area (Å²) >= 11 is 0. The van der Waals surface area contributed by atoms with Gasteiger partial charge in [0.05, 0.1) is 0 Å². The van der Waals surface area contributed by atoms with Crippen LogP contribution >= 0.6 is 0 Å². The third-order valence-corrected chi connectivity index (χ3v) is 14.4. The predicted molar refractivity (Wildman–Crippen MR) is 319 cm³/mol. The van der Waals surface area contributed by atoms with Crippen molar-refractivity contribution >= 4 is 0 Å². The van der Waals surface area contributed by atoms with Crippen LogP contribution in [-0.4, -0.2) is 68.9 Å². The Morgan fingerprint density at radius 2 is 0.513 bits per heavy atom. The second-order valence-electron chi connectivity index (χ2n) is 30.4. The van der Waals surface area contributed by atoms with Crippen LogP contribution in [0, 0.1) is 0 Å². The van der Waals surface area contributed by atoms with E-state index in [1.807, 2.05) is 0 Å². The molecular formula is C67H109KN3O4Y+. The van der Waals surface area contributed by atoms with Gasteiger partial charge in [0, 0.05) is 94.2 Å². The number of rotatable bonds is 13. The number of hydrogen-bond acceptors (Lipinski definition) is 7. The van der Waals surface area contributed by atoms with E-state index in [1.165, 1.54) is 22.3 Å². The van der Waals surface area contributed by atoms with Crippen molar-refractivity contribution in [1.29, 1.82) is 0 Å². The quantitative estimate of drug-likeness (QED) is 0.0992. The van der Waals surface area contributed by atoms with Crippen LogP contribution < -0.4 is 51.4 Å². The fourth-order valence-corrected chi connectivity index (χ4v) is 9.33. The molecule has 4 aromatic rings. The van der Waals surface area contributed by atoms with Gasteiger partial charge in [-0.15, -0.1) is 0 Å². The minimum atomic E-state index is -0.171. The van der Waals surface area contributed by atoms with Crippen LogP contribution in [-0.2, 0) is 102 Å². The minimum Gasteiger partial charge on any atom is -0.507 e. The summed E-state index contributed by atoms with van der Waals surface area (Å²) in [5, 5.41) is 45.7. The summed E-state index contributed by atoms with van der Waals surface area (Å²) in [6.45, 7) is 59.9. The topological polar surface area (TPSA) is 90.6 Å². The summed E-state index contributed by atoms with van der Waals surface area (Å²) in [5.74, 6) is 1.59. The van der Waals surface area contributed by atoms with E-state index in [4.69, 9.17) is 0 Å². The van der Waals surface area contributed by atoms with Gasteiger partial charge >= 0.3 is 51.4 Å². The Labute approximate surface area is 534 Å². The van der Waals surface area contributed by atoms with Crippen molar-refractivity contribution in [2.24, 2.45) is 0 Å². The van der Waals surface area contributed by atoms with Crippen LogP contribution in [0.5, 0.6) is 23.0 Å². The summed E-state index contributed by atoms with van der Waals surface area (Å²) in [6, 6.07) is 17.4.